The lowest BCUT2D eigenvalue weighted by molar-refractivity contribution is 0.581. The van der Waals surface area contributed by atoms with Crippen LogP contribution in [-0.2, 0) is 23.5 Å². The van der Waals surface area contributed by atoms with Crippen molar-refractivity contribution < 1.29 is 8.42 Å². The van der Waals surface area contributed by atoms with Crippen LogP contribution in [0.3, 0.4) is 0 Å². The van der Waals surface area contributed by atoms with Crippen LogP contribution in [0.2, 0.25) is 0 Å². The monoisotopic (exact) mass is 329 g/mol. The zero-order valence-corrected chi connectivity index (χ0v) is 14.0. The fourth-order valence-corrected chi connectivity index (χ4v) is 3.50. The quantitative estimate of drug-likeness (QED) is 0.782. The number of aryl methyl sites for hydroxylation is 2. The molecule has 0 amide bonds. The summed E-state index contributed by atoms with van der Waals surface area (Å²) >= 11 is 0. The van der Waals surface area contributed by atoms with Crippen molar-refractivity contribution in [3.05, 3.63) is 59.9 Å². The molecule has 23 heavy (non-hydrogen) atoms. The molecule has 6 heteroatoms. The van der Waals surface area contributed by atoms with Crippen molar-refractivity contribution in [2.24, 2.45) is 7.05 Å². The molecule has 0 fully saturated rings. The number of rotatable bonds is 5. The van der Waals surface area contributed by atoms with Crippen molar-refractivity contribution in [3.63, 3.8) is 0 Å². The largest absolute Gasteiger partial charge is 0.334 e. The van der Waals surface area contributed by atoms with Crippen LogP contribution in [0.4, 0.5) is 0 Å². The van der Waals surface area contributed by atoms with Crippen LogP contribution in [0, 0.1) is 6.92 Å². The summed E-state index contributed by atoms with van der Waals surface area (Å²) in [6.07, 6.45) is 2.39. The van der Waals surface area contributed by atoms with Crippen LogP contribution in [0.25, 0.3) is 11.0 Å². The molecule has 1 aromatic heterocycles. The van der Waals surface area contributed by atoms with Gasteiger partial charge >= 0.3 is 0 Å². The van der Waals surface area contributed by atoms with E-state index in [0.29, 0.717) is 17.9 Å². The van der Waals surface area contributed by atoms with Crippen molar-refractivity contribution in [3.8, 4) is 0 Å². The van der Waals surface area contributed by atoms with Gasteiger partial charge in [-0.15, -0.1) is 0 Å². The summed E-state index contributed by atoms with van der Waals surface area (Å²) in [5.74, 6) is 0. The normalized spacial score (nSPS) is 11.9. The van der Waals surface area contributed by atoms with E-state index in [-0.39, 0.29) is 0 Å². The molecule has 2 aromatic carbocycles. The Morgan fingerprint density at radius 3 is 2.61 bits per heavy atom. The third-order valence-electron chi connectivity index (χ3n) is 3.83. The number of nitrogens with zero attached hydrogens (tertiary/aromatic N) is 2. The summed E-state index contributed by atoms with van der Waals surface area (Å²) in [5, 5.41) is 0. The SMILES string of the molecule is Cc1ccc(S(=O)(=O)NCCc2ccc3c(c2)ncn3C)cc1. The number of aromatic nitrogens is 2. The molecule has 0 saturated carbocycles. The van der Waals surface area contributed by atoms with Crippen molar-refractivity contribution in [1.29, 1.82) is 0 Å². The van der Waals surface area contributed by atoms with Crippen molar-refractivity contribution in [2.75, 3.05) is 6.54 Å². The zero-order valence-electron chi connectivity index (χ0n) is 13.2. The lowest BCUT2D eigenvalue weighted by Gasteiger charge is -2.07. The molecule has 1 heterocycles. The minimum absolute atomic E-state index is 0.295. The van der Waals surface area contributed by atoms with Gasteiger partial charge in [-0.1, -0.05) is 23.8 Å². The second-order valence-electron chi connectivity index (χ2n) is 5.64. The van der Waals surface area contributed by atoms with Gasteiger partial charge in [0.05, 0.1) is 22.3 Å². The smallest absolute Gasteiger partial charge is 0.240 e. The van der Waals surface area contributed by atoms with Gasteiger partial charge in [0.15, 0.2) is 0 Å². The number of nitrogens with one attached hydrogen (secondary N) is 1. The number of sulfonamides is 1. The molecule has 0 atom stereocenters. The molecule has 0 radical (unpaired) electrons. The van der Waals surface area contributed by atoms with Gasteiger partial charge in [0.25, 0.3) is 0 Å². The second-order valence-corrected chi connectivity index (χ2v) is 7.41. The minimum atomic E-state index is -3.46. The number of benzene rings is 2. The summed E-state index contributed by atoms with van der Waals surface area (Å²) < 4.78 is 29.0. The standard InChI is InChI=1S/C17H19N3O2S/c1-13-3-6-15(7-4-13)23(21,22)19-10-9-14-5-8-17-16(11-14)18-12-20(17)2/h3-8,11-12,19H,9-10H2,1-2H3. The van der Waals surface area contributed by atoms with E-state index in [1.54, 1.807) is 30.6 Å². The Bertz CT molecular complexity index is 928. The van der Waals surface area contributed by atoms with Crippen LogP contribution < -0.4 is 4.72 Å². The highest BCUT2D eigenvalue weighted by atomic mass is 32.2. The lowest BCUT2D eigenvalue weighted by Crippen LogP contribution is -2.26. The predicted molar refractivity (Wildman–Crippen MR) is 90.8 cm³/mol. The van der Waals surface area contributed by atoms with Gasteiger partial charge in [0.2, 0.25) is 10.0 Å². The van der Waals surface area contributed by atoms with Gasteiger partial charge in [-0.2, -0.15) is 0 Å². The molecule has 0 aliphatic carbocycles. The van der Waals surface area contributed by atoms with Gasteiger partial charge in [-0.3, -0.25) is 0 Å². The number of hydrogen-bond donors (Lipinski definition) is 1. The fourth-order valence-electron chi connectivity index (χ4n) is 2.47. The summed E-state index contributed by atoms with van der Waals surface area (Å²) in [5.41, 5.74) is 4.08. The van der Waals surface area contributed by atoms with Crippen molar-refractivity contribution >= 4 is 21.1 Å². The van der Waals surface area contributed by atoms with Crippen LogP contribution in [0.5, 0.6) is 0 Å². The Balaban J connectivity index is 1.66. The van der Waals surface area contributed by atoms with Gasteiger partial charge in [0, 0.05) is 13.6 Å². The highest BCUT2D eigenvalue weighted by molar-refractivity contribution is 7.89. The molecule has 0 unspecified atom stereocenters. The number of fused-ring (bicyclic) bond motifs is 1. The van der Waals surface area contributed by atoms with Crippen LogP contribution in [0.15, 0.2) is 53.7 Å². The molecule has 3 rings (SSSR count). The average molecular weight is 329 g/mol. The van der Waals surface area contributed by atoms with Crippen LogP contribution in [0.1, 0.15) is 11.1 Å². The van der Waals surface area contributed by atoms with E-state index < -0.39 is 10.0 Å². The van der Waals surface area contributed by atoms with E-state index in [1.807, 2.05) is 36.7 Å². The van der Waals surface area contributed by atoms with E-state index >= 15 is 0 Å². The maximum Gasteiger partial charge on any atom is 0.240 e. The molecule has 0 aliphatic rings. The van der Waals surface area contributed by atoms with Gasteiger partial charge in [-0.25, -0.2) is 18.1 Å². The van der Waals surface area contributed by atoms with Crippen molar-refractivity contribution in [2.45, 2.75) is 18.2 Å². The third-order valence-corrected chi connectivity index (χ3v) is 5.30. The van der Waals surface area contributed by atoms with Gasteiger partial charge < -0.3 is 4.57 Å². The first-order chi connectivity index (χ1) is 11.0. The lowest BCUT2D eigenvalue weighted by atomic mass is 10.1. The predicted octanol–water partition coefficient (Wildman–Crippen LogP) is 2.40. The van der Waals surface area contributed by atoms with Gasteiger partial charge in [-0.05, 0) is 43.2 Å². The first kappa shape index (κ1) is 15.7. The summed E-state index contributed by atoms with van der Waals surface area (Å²) in [6.45, 7) is 2.28. The minimum Gasteiger partial charge on any atom is -0.334 e. The molecule has 120 valence electrons. The summed E-state index contributed by atoms with van der Waals surface area (Å²) in [7, 11) is -1.51. The first-order valence-corrected chi connectivity index (χ1v) is 8.90. The molecule has 1 N–H and O–H groups in total. The highest BCUT2D eigenvalue weighted by Gasteiger charge is 2.12. The van der Waals surface area contributed by atoms with Crippen molar-refractivity contribution in [1.82, 2.24) is 14.3 Å². The molecular weight excluding hydrogens is 310 g/mol. The molecule has 3 aromatic rings. The van der Waals surface area contributed by atoms with Crippen LogP contribution in [-0.4, -0.2) is 24.5 Å². The third kappa shape index (κ3) is 3.43. The maximum absolute atomic E-state index is 12.2. The fraction of sp³-hybridized carbons (Fsp3) is 0.235. The molecular formula is C17H19N3O2S. The summed E-state index contributed by atoms with van der Waals surface area (Å²) in [6, 6.07) is 12.8. The highest BCUT2D eigenvalue weighted by Crippen LogP contribution is 2.14. The Morgan fingerprint density at radius 1 is 1.13 bits per heavy atom. The first-order valence-electron chi connectivity index (χ1n) is 7.42. The molecule has 0 aliphatic heterocycles. The zero-order chi connectivity index (χ0) is 16.4. The Labute approximate surface area is 136 Å². The van der Waals surface area contributed by atoms with E-state index in [9.17, 15) is 8.42 Å². The van der Waals surface area contributed by atoms with E-state index in [4.69, 9.17) is 0 Å². The van der Waals surface area contributed by atoms with Gasteiger partial charge in [0.1, 0.15) is 0 Å². The molecule has 5 nitrogen and oxygen atoms in total. The van der Waals surface area contributed by atoms with E-state index in [1.165, 1.54) is 0 Å². The van der Waals surface area contributed by atoms with Crippen LogP contribution >= 0.6 is 0 Å². The molecule has 0 saturated heterocycles. The average Bonchev–Trinajstić information content (AvgIpc) is 2.88. The number of hydrogen-bond acceptors (Lipinski definition) is 3. The topological polar surface area (TPSA) is 64.0 Å². The van der Waals surface area contributed by atoms with E-state index in [0.717, 1.165) is 22.2 Å². The molecule has 0 spiro atoms. The Kier molecular flexibility index (Phi) is 4.19. The summed E-state index contributed by atoms with van der Waals surface area (Å²) in [4.78, 5) is 4.61. The van der Waals surface area contributed by atoms with E-state index in [2.05, 4.69) is 9.71 Å². The number of imidazole rings is 1. The Hall–Kier alpha value is -2.18. The molecule has 0 bridgehead atoms. The second kappa shape index (κ2) is 6.14. The maximum atomic E-state index is 12.2. The Morgan fingerprint density at radius 2 is 1.87 bits per heavy atom.